The molecule has 90 heavy (non-hydrogen) atoms. The lowest BCUT2D eigenvalue weighted by Gasteiger charge is -2.24. The van der Waals surface area contributed by atoms with E-state index in [-0.39, 0.29) is 30.9 Å². The van der Waals surface area contributed by atoms with Crippen LogP contribution >= 0.6 is 0 Å². The van der Waals surface area contributed by atoms with E-state index < -0.39 is 51.9 Å². The molecular weight excluding hydrogens is 1260 g/mol. The van der Waals surface area contributed by atoms with Crippen LogP contribution in [0.1, 0.15) is 146 Å². The lowest BCUT2D eigenvalue weighted by molar-refractivity contribution is -0.661. The molecule has 4 rings (SSSR count). The Kier molecular flexibility index (Phi) is 65.7. The van der Waals surface area contributed by atoms with Crippen LogP contribution in [0, 0.1) is 0 Å². The third-order valence-corrected chi connectivity index (χ3v) is 22.4. The first kappa shape index (κ1) is 97.7. The molecule has 0 amide bonds. The van der Waals surface area contributed by atoms with E-state index in [0.717, 1.165) is 57.3 Å². The summed E-state index contributed by atoms with van der Waals surface area (Å²) in [7, 11) is 2.46. The molecule has 1 aliphatic rings. The van der Waals surface area contributed by atoms with Crippen LogP contribution in [0.15, 0.2) is 84.9 Å². The molecule has 0 aromatic heterocycles. The van der Waals surface area contributed by atoms with Crippen molar-refractivity contribution >= 4 is 74.1 Å². The van der Waals surface area contributed by atoms with Gasteiger partial charge in [-0.3, -0.25) is 8.92 Å². The number of aliphatic hydroxyl groups is 1. The van der Waals surface area contributed by atoms with Gasteiger partial charge in [-0.1, -0.05) is 111 Å². The highest BCUT2D eigenvalue weighted by Gasteiger charge is 2.37. The average molecular weight is 1380 g/mol. The maximum Gasteiger partial charge on any atom is 0.549 e. The summed E-state index contributed by atoms with van der Waals surface area (Å²) in [4.78, 5) is 8.33. The molecule has 3 aromatic rings. The number of aliphatic hydroxyl groups excluding tert-OH is 1. The molecule has 0 spiro atoms. The molecule has 20 nitrogen and oxygen atoms in total. The van der Waals surface area contributed by atoms with E-state index in [2.05, 4.69) is 141 Å². The van der Waals surface area contributed by atoms with Crippen molar-refractivity contribution in [1.29, 1.82) is 0 Å². The maximum atomic E-state index is 10.3. The summed E-state index contributed by atoms with van der Waals surface area (Å²) in [6.07, 6.45) is 5.37. The summed E-state index contributed by atoms with van der Waals surface area (Å²) in [5, 5.41) is 11.2. The molecule has 26 heteroatoms. The van der Waals surface area contributed by atoms with E-state index >= 15 is 0 Å². The molecule has 0 bridgehead atoms. The number of anilines is 2. The number of benzene rings is 3. The fourth-order valence-corrected chi connectivity index (χ4v) is 13.5. The predicted molar refractivity (Wildman–Crippen MR) is 373 cm³/mol. The zero-order chi connectivity index (χ0) is 69.5. The largest absolute Gasteiger partial charge is 1.00 e. The van der Waals surface area contributed by atoms with Crippen molar-refractivity contribution < 1.29 is 94.3 Å². The quantitative estimate of drug-likeness (QED) is 0.0350. The van der Waals surface area contributed by atoms with Gasteiger partial charge in [-0.05, 0) is 113 Å². The highest BCUT2D eigenvalue weighted by molar-refractivity contribution is 7.85. The number of nitrogens with one attached hydrogen (secondary N) is 1. The zero-order valence-electron chi connectivity index (χ0n) is 60.0. The minimum Gasteiger partial charge on any atom is -1.00 e. The normalized spacial score (nSPS) is 12.0. The first-order valence-electron chi connectivity index (χ1n) is 31.4. The number of ether oxygens (including phenoxy) is 1. The van der Waals surface area contributed by atoms with Crippen molar-refractivity contribution in [2.24, 2.45) is 0 Å². The van der Waals surface area contributed by atoms with Crippen LogP contribution in [0.4, 0.5) is 11.4 Å². The van der Waals surface area contributed by atoms with Gasteiger partial charge in [0.2, 0.25) is 5.71 Å². The molecule has 4 N–H and O–H groups in total. The lowest BCUT2D eigenvalue weighted by Crippen LogP contribution is -3.00. The van der Waals surface area contributed by atoms with Crippen molar-refractivity contribution in [3.63, 3.8) is 0 Å². The van der Waals surface area contributed by atoms with Crippen molar-refractivity contribution in [3.05, 3.63) is 107 Å². The molecule has 3 aromatic carbocycles. The molecule has 0 radical (unpaired) electrons. The number of hydrogen-bond donors (Lipinski definition) is 3. The van der Waals surface area contributed by atoms with Gasteiger partial charge >= 0.3 is 35.7 Å². The summed E-state index contributed by atoms with van der Waals surface area (Å²) in [6.45, 7) is 39.0. The monoisotopic (exact) mass is 1380 g/mol. The van der Waals surface area contributed by atoms with Crippen LogP contribution in [0.5, 0.6) is 0 Å². The number of rotatable bonds is 31. The number of nitrogens with zero attached hydrogens (tertiary/aromatic N) is 2. The first-order valence-corrected chi connectivity index (χ1v) is 39.6. The Morgan fingerprint density at radius 2 is 0.967 bits per heavy atom. The number of quaternary nitrogens is 1. The van der Waals surface area contributed by atoms with E-state index in [1.807, 2.05) is 69.2 Å². The van der Waals surface area contributed by atoms with Crippen LogP contribution < -0.4 is 32.5 Å². The third kappa shape index (κ3) is 39.3. The standard InChI is InChI=1S/C33H39N3.C9H21NO5S.C6H16O3Si.2C5H14O3Si.3C2H6.ClH.O2Si/c1-6-34-32-24-23-31(29-13-11-12-14-30(29)32)33(25-15-19-27(20-16-25)35(7-2)8-3)26-17-21-28(22-18-26)36(9-4)10-5;1-8(2)15-7-9(11)6-10-4-3-5-16(12,13)14;1-5-6-10(7-2,8-3)9-4;2*1-5-9(6-2,7-3)8-4;3*1-2;;1-3-2/h11-24H,6-10H2,1-5H3;8-11H,3-7H2,1-2H3,(H,12,13,14);5-6H2,1-4H3;2*5H2,1-4H3;3*1-2H3;1H;. The number of allylic oxidation sites excluding steroid dienone is 3. The minimum absolute atomic E-state index is 0. The summed E-state index contributed by atoms with van der Waals surface area (Å²) < 4.78 is 98.8. The van der Waals surface area contributed by atoms with Gasteiger partial charge in [0.1, 0.15) is 19.2 Å². The van der Waals surface area contributed by atoms with E-state index in [1.54, 1.807) is 69.3 Å². The van der Waals surface area contributed by atoms with Crippen LogP contribution in [0.2, 0.25) is 18.1 Å². The lowest BCUT2D eigenvalue weighted by atomic mass is 9.83. The van der Waals surface area contributed by atoms with Gasteiger partial charge in [0.05, 0.1) is 34.9 Å². The Balaban J connectivity index is -0.000000271. The van der Waals surface area contributed by atoms with Crippen LogP contribution in [-0.4, -0.2) is 194 Å². The maximum absolute atomic E-state index is 10.3. The molecule has 0 heterocycles. The summed E-state index contributed by atoms with van der Waals surface area (Å²) in [6, 6.07) is 29.5. The molecule has 1 atom stereocenters. The van der Waals surface area contributed by atoms with E-state index in [0.29, 0.717) is 19.5 Å². The second-order valence-corrected chi connectivity index (χ2v) is 29.8. The molecule has 0 fully saturated rings. The second-order valence-electron chi connectivity index (χ2n) is 18.4. The Labute approximate surface area is 558 Å². The molecule has 1 aliphatic carbocycles. The first-order chi connectivity index (χ1) is 42.6. The van der Waals surface area contributed by atoms with Gasteiger partial charge in [0.25, 0.3) is 0 Å². The van der Waals surface area contributed by atoms with E-state index in [1.165, 1.54) is 50.5 Å². The molecule has 1 unspecified atom stereocenters. The van der Waals surface area contributed by atoms with Gasteiger partial charge < -0.3 is 81.8 Å². The predicted octanol–water partition coefficient (Wildman–Crippen LogP) is 6.58. The van der Waals surface area contributed by atoms with Crippen molar-refractivity contribution in [2.45, 2.75) is 154 Å². The van der Waals surface area contributed by atoms with E-state index in [4.69, 9.17) is 53.5 Å². The summed E-state index contributed by atoms with van der Waals surface area (Å²) in [5.41, 5.74) is 11.3. The fraction of sp³-hybridized carbons (Fsp3) is 0.641. The van der Waals surface area contributed by atoms with Gasteiger partial charge in [-0.15, -0.1) is 0 Å². The molecule has 0 aliphatic heterocycles. The van der Waals surface area contributed by atoms with Crippen molar-refractivity contribution in [2.75, 3.05) is 132 Å². The van der Waals surface area contributed by atoms with Crippen molar-refractivity contribution in [1.82, 2.24) is 0 Å². The zero-order valence-corrected chi connectivity index (χ0v) is 65.5. The van der Waals surface area contributed by atoms with Crippen LogP contribution in [-0.2, 0) is 63.6 Å². The Bertz CT molecular complexity index is 2270. The molecule has 0 saturated heterocycles. The average Bonchev–Trinajstić information content (AvgIpc) is 3.63. The molecule has 0 saturated carbocycles. The van der Waals surface area contributed by atoms with Gasteiger partial charge in [-0.25, -0.2) is 13.4 Å². The van der Waals surface area contributed by atoms with Crippen LogP contribution in [0.25, 0.3) is 11.1 Å². The number of fused-ring (bicyclic) bond motifs is 1. The SMILES string of the molecule is CC.CC.CC.CC(C)OCC(O)C[NH2+]CCCS(=O)(=O)[O-].CCC[Si](OC)(OC)OC.CC[NH+]=C1C=CC(=C(c2ccc(N(CC)CC)cc2)c2ccc(N(CC)CC)cc2)c2ccccc21.CC[Si](OC)(OC)OC.CC[Si](OC)(OC)OC.O=[Si]=O.[Cl-]. The smallest absolute Gasteiger partial charge is 0.549 e. The Morgan fingerprint density at radius 3 is 1.24 bits per heavy atom. The number of halogens is 1. The Morgan fingerprint density at radius 1 is 0.600 bits per heavy atom. The van der Waals surface area contributed by atoms with E-state index in [9.17, 15) is 18.1 Å². The Hall–Kier alpha value is -3.40. The third-order valence-electron chi connectivity index (χ3n) is 13.2. The number of nitrogens with two attached hydrogens (primary N) is 1. The highest BCUT2D eigenvalue weighted by atomic mass is 35.5. The van der Waals surface area contributed by atoms with Gasteiger partial charge in [-0.2, -0.15) is 0 Å². The second kappa shape index (κ2) is 60.5. The summed E-state index contributed by atoms with van der Waals surface area (Å²) in [5.74, 6) is -0.345. The topological polar surface area (TPSA) is 241 Å². The number of hydrogen-bond acceptors (Lipinski definition) is 18. The minimum atomic E-state index is -4.10. The highest BCUT2D eigenvalue weighted by Crippen LogP contribution is 2.38. The van der Waals surface area contributed by atoms with Gasteiger partial charge in [0, 0.05) is 138 Å². The van der Waals surface area contributed by atoms with Crippen LogP contribution in [0.3, 0.4) is 0 Å². The van der Waals surface area contributed by atoms with Crippen molar-refractivity contribution in [3.8, 4) is 0 Å². The summed E-state index contributed by atoms with van der Waals surface area (Å²) >= 11 is 0. The molecular formula is C64H123ClN4O16SSi4. The fourth-order valence-electron chi connectivity index (χ4n) is 8.51. The molecule has 524 valence electrons. The van der Waals surface area contributed by atoms with Gasteiger partial charge in [0.15, 0.2) is 0 Å².